The highest BCUT2D eigenvalue weighted by molar-refractivity contribution is 7.91. The second-order valence-electron chi connectivity index (χ2n) is 10.4. The molecule has 7 nitrogen and oxygen atoms in total. The Kier molecular flexibility index (Phi) is 7.81. The SMILES string of the molecule is CC(C)c1ccc(S(=O)(=O)c2ccccc2)cc1S(=O)(=O)NC1CCN(C(=O)c2cccc3ccccc23)CC1. The minimum Gasteiger partial charge on any atom is -0.339 e. The number of hydrogen-bond acceptors (Lipinski definition) is 5. The first-order chi connectivity index (χ1) is 19.1. The van der Waals surface area contributed by atoms with Crippen LogP contribution in [0.4, 0.5) is 0 Å². The summed E-state index contributed by atoms with van der Waals surface area (Å²) in [7, 11) is -7.93. The average molecular weight is 577 g/mol. The van der Waals surface area contributed by atoms with Crippen molar-refractivity contribution in [2.24, 2.45) is 0 Å². The second-order valence-corrected chi connectivity index (χ2v) is 14.0. The first kappa shape index (κ1) is 28.0. The van der Waals surface area contributed by atoms with Gasteiger partial charge in [-0.05, 0) is 65.4 Å². The fourth-order valence-electron chi connectivity index (χ4n) is 5.19. The molecule has 1 aliphatic heterocycles. The van der Waals surface area contributed by atoms with Crippen molar-refractivity contribution in [1.29, 1.82) is 0 Å². The Morgan fingerprint density at radius 3 is 2.15 bits per heavy atom. The van der Waals surface area contributed by atoms with E-state index in [0.29, 0.717) is 37.1 Å². The highest BCUT2D eigenvalue weighted by atomic mass is 32.2. The van der Waals surface area contributed by atoms with Crippen molar-refractivity contribution >= 4 is 36.5 Å². The van der Waals surface area contributed by atoms with Gasteiger partial charge >= 0.3 is 0 Å². The van der Waals surface area contributed by atoms with Crippen LogP contribution in [0.25, 0.3) is 10.8 Å². The molecule has 4 aromatic rings. The molecular weight excluding hydrogens is 544 g/mol. The Morgan fingerprint density at radius 1 is 0.800 bits per heavy atom. The van der Waals surface area contributed by atoms with Crippen LogP contribution in [0.5, 0.6) is 0 Å². The number of piperidine rings is 1. The lowest BCUT2D eigenvalue weighted by atomic mass is 10.0. The third kappa shape index (κ3) is 5.54. The van der Waals surface area contributed by atoms with Crippen LogP contribution in [-0.2, 0) is 19.9 Å². The lowest BCUT2D eigenvalue weighted by Crippen LogP contribution is -2.46. The molecule has 9 heteroatoms. The number of sulfone groups is 1. The van der Waals surface area contributed by atoms with Gasteiger partial charge in [-0.1, -0.05) is 74.5 Å². The molecule has 0 atom stereocenters. The van der Waals surface area contributed by atoms with E-state index in [1.807, 2.05) is 56.3 Å². The largest absolute Gasteiger partial charge is 0.339 e. The smallest absolute Gasteiger partial charge is 0.254 e. The van der Waals surface area contributed by atoms with Crippen LogP contribution in [0.3, 0.4) is 0 Å². The standard InChI is InChI=1S/C31H32N2O5S2/c1-22(2)27-16-15-26(39(35,36)25-11-4-3-5-12-25)21-30(27)40(37,38)32-24-17-19-33(20-18-24)31(34)29-14-8-10-23-9-6-7-13-28(23)29/h3-16,21-22,24,32H,17-20H2,1-2H3. The maximum absolute atomic E-state index is 13.6. The van der Waals surface area contributed by atoms with Gasteiger partial charge in [0.2, 0.25) is 19.9 Å². The predicted molar refractivity (Wildman–Crippen MR) is 156 cm³/mol. The van der Waals surface area contributed by atoms with Crippen LogP contribution in [-0.4, -0.2) is 46.8 Å². The molecule has 0 bridgehead atoms. The Morgan fingerprint density at radius 2 is 1.45 bits per heavy atom. The number of rotatable bonds is 7. The maximum atomic E-state index is 13.6. The van der Waals surface area contributed by atoms with E-state index >= 15 is 0 Å². The van der Waals surface area contributed by atoms with Gasteiger partial charge in [0.15, 0.2) is 0 Å². The molecule has 1 fully saturated rings. The fourth-order valence-corrected chi connectivity index (χ4v) is 8.27. The van der Waals surface area contributed by atoms with E-state index in [1.165, 1.54) is 24.3 Å². The van der Waals surface area contributed by atoms with Crippen molar-refractivity contribution in [1.82, 2.24) is 9.62 Å². The number of sulfonamides is 1. The van der Waals surface area contributed by atoms with Gasteiger partial charge in [0.25, 0.3) is 5.91 Å². The molecule has 40 heavy (non-hydrogen) atoms. The quantitative estimate of drug-likeness (QED) is 0.318. The van der Waals surface area contributed by atoms with Crippen LogP contribution in [0.1, 0.15) is 48.5 Å². The molecule has 208 valence electrons. The van der Waals surface area contributed by atoms with E-state index in [0.717, 1.165) is 10.8 Å². The Balaban J connectivity index is 1.35. The number of hydrogen-bond donors (Lipinski definition) is 1. The van der Waals surface area contributed by atoms with E-state index in [2.05, 4.69) is 4.72 Å². The number of benzene rings is 4. The molecular formula is C31H32N2O5S2. The molecule has 1 saturated heterocycles. The van der Waals surface area contributed by atoms with Gasteiger partial charge in [0, 0.05) is 24.7 Å². The number of carbonyl (C=O) groups is 1. The minimum absolute atomic E-state index is 0.0335. The van der Waals surface area contributed by atoms with Gasteiger partial charge in [0.05, 0.1) is 14.7 Å². The summed E-state index contributed by atoms with van der Waals surface area (Å²) in [4.78, 5) is 15.1. The lowest BCUT2D eigenvalue weighted by molar-refractivity contribution is 0.0713. The van der Waals surface area contributed by atoms with Gasteiger partial charge < -0.3 is 4.90 Å². The summed E-state index contributed by atoms with van der Waals surface area (Å²) in [5, 5.41) is 1.89. The molecule has 1 N–H and O–H groups in total. The topological polar surface area (TPSA) is 101 Å². The monoisotopic (exact) mass is 576 g/mol. The van der Waals surface area contributed by atoms with E-state index in [4.69, 9.17) is 0 Å². The summed E-state index contributed by atoms with van der Waals surface area (Å²) in [6, 6.07) is 25.3. The van der Waals surface area contributed by atoms with Gasteiger partial charge in [0.1, 0.15) is 0 Å². The van der Waals surface area contributed by atoms with Crippen LogP contribution in [0.15, 0.2) is 106 Å². The van der Waals surface area contributed by atoms with Crippen molar-refractivity contribution in [3.8, 4) is 0 Å². The third-order valence-electron chi connectivity index (χ3n) is 7.38. The number of likely N-dealkylation sites (tertiary alicyclic amines) is 1. The lowest BCUT2D eigenvalue weighted by Gasteiger charge is -2.32. The number of nitrogens with zero attached hydrogens (tertiary/aromatic N) is 1. The molecule has 1 amide bonds. The zero-order chi connectivity index (χ0) is 28.5. The van der Waals surface area contributed by atoms with E-state index in [-0.39, 0.29) is 32.6 Å². The Labute approximate surface area is 235 Å². The molecule has 5 rings (SSSR count). The maximum Gasteiger partial charge on any atom is 0.254 e. The molecule has 4 aromatic carbocycles. The van der Waals surface area contributed by atoms with E-state index in [9.17, 15) is 21.6 Å². The summed E-state index contributed by atoms with van der Waals surface area (Å²) >= 11 is 0. The highest BCUT2D eigenvalue weighted by Crippen LogP contribution is 2.30. The van der Waals surface area contributed by atoms with Gasteiger partial charge in [-0.15, -0.1) is 0 Å². The molecule has 1 aliphatic rings. The summed E-state index contributed by atoms with van der Waals surface area (Å²) in [5.41, 5.74) is 1.18. The third-order valence-corrected chi connectivity index (χ3v) is 10.7. The summed E-state index contributed by atoms with van der Waals surface area (Å²) < 4.78 is 56.5. The van der Waals surface area contributed by atoms with Gasteiger partial charge in [-0.2, -0.15) is 0 Å². The minimum atomic E-state index is -4.04. The molecule has 0 unspecified atom stereocenters. The number of amides is 1. The van der Waals surface area contributed by atoms with Crippen molar-refractivity contribution < 1.29 is 21.6 Å². The average Bonchev–Trinajstić information content (AvgIpc) is 2.97. The first-order valence-electron chi connectivity index (χ1n) is 13.3. The second kappa shape index (κ2) is 11.2. The number of carbonyl (C=O) groups excluding carboxylic acids is 1. The van der Waals surface area contributed by atoms with Crippen molar-refractivity contribution in [3.05, 3.63) is 102 Å². The molecule has 0 saturated carbocycles. The van der Waals surface area contributed by atoms with Gasteiger partial charge in [-0.3, -0.25) is 4.79 Å². The molecule has 0 radical (unpaired) electrons. The van der Waals surface area contributed by atoms with E-state index in [1.54, 1.807) is 29.2 Å². The predicted octanol–water partition coefficient (Wildman–Crippen LogP) is 5.38. The van der Waals surface area contributed by atoms with Crippen LogP contribution in [0.2, 0.25) is 0 Å². The summed E-state index contributed by atoms with van der Waals surface area (Å²) in [6.45, 7) is 4.57. The summed E-state index contributed by atoms with van der Waals surface area (Å²) in [6.07, 6.45) is 0.906. The molecule has 0 spiro atoms. The Hall–Kier alpha value is -3.53. The zero-order valence-corrected chi connectivity index (χ0v) is 24.1. The number of fused-ring (bicyclic) bond motifs is 1. The van der Waals surface area contributed by atoms with Crippen molar-refractivity contribution in [2.45, 2.75) is 53.3 Å². The van der Waals surface area contributed by atoms with Gasteiger partial charge in [-0.25, -0.2) is 21.6 Å². The molecule has 0 aliphatic carbocycles. The normalized spacial score (nSPS) is 15.0. The zero-order valence-electron chi connectivity index (χ0n) is 22.4. The van der Waals surface area contributed by atoms with Crippen molar-refractivity contribution in [3.63, 3.8) is 0 Å². The summed E-state index contributed by atoms with van der Waals surface area (Å²) in [5.74, 6) is -0.209. The molecule has 0 aromatic heterocycles. The van der Waals surface area contributed by atoms with E-state index < -0.39 is 19.9 Å². The number of nitrogens with one attached hydrogen (secondary N) is 1. The van der Waals surface area contributed by atoms with Crippen LogP contribution in [0, 0.1) is 0 Å². The highest BCUT2D eigenvalue weighted by Gasteiger charge is 2.30. The van der Waals surface area contributed by atoms with Crippen LogP contribution >= 0.6 is 0 Å². The first-order valence-corrected chi connectivity index (χ1v) is 16.3. The fraction of sp³-hybridized carbons (Fsp3) is 0.258. The molecule has 1 heterocycles. The van der Waals surface area contributed by atoms with Crippen molar-refractivity contribution in [2.75, 3.05) is 13.1 Å². The van der Waals surface area contributed by atoms with Crippen LogP contribution < -0.4 is 4.72 Å². The Bertz CT molecular complexity index is 1760.